The van der Waals surface area contributed by atoms with Crippen LogP contribution in [0.4, 0.5) is 5.82 Å². The van der Waals surface area contributed by atoms with Crippen LogP contribution in [0.2, 0.25) is 0 Å². The molecule has 0 saturated carbocycles. The Morgan fingerprint density at radius 3 is 2.67 bits per heavy atom. The normalized spacial score (nSPS) is 20.9. The molecule has 2 aromatic rings. The predicted molar refractivity (Wildman–Crippen MR) is 94.5 cm³/mol. The number of sulfone groups is 1. The fourth-order valence-electron chi connectivity index (χ4n) is 2.30. The summed E-state index contributed by atoms with van der Waals surface area (Å²) in [7, 11) is -3.52. The monoisotopic (exact) mass is 478 g/mol. The SMILES string of the molecule is Cc1ccc(S(=O)(=O)C2(I)CNc3ncc(Br)cc32)cc1. The van der Waals surface area contributed by atoms with Crippen molar-refractivity contribution in [3.8, 4) is 0 Å². The second-order valence-electron chi connectivity index (χ2n) is 4.95. The Hall–Kier alpha value is -0.670. The minimum Gasteiger partial charge on any atom is -0.367 e. The Kier molecular flexibility index (Phi) is 3.77. The number of nitrogens with zero attached hydrogens (tertiary/aromatic N) is 1. The maximum absolute atomic E-state index is 13.1. The average Bonchev–Trinajstić information content (AvgIpc) is 2.78. The Bertz CT molecular complexity index is 808. The summed E-state index contributed by atoms with van der Waals surface area (Å²) >= 11 is 5.38. The van der Waals surface area contributed by atoms with Gasteiger partial charge in [-0.05, 0) is 41.1 Å². The van der Waals surface area contributed by atoms with E-state index in [0.717, 1.165) is 10.0 Å². The summed E-state index contributed by atoms with van der Waals surface area (Å²) < 4.78 is 25.8. The van der Waals surface area contributed by atoms with Crippen molar-refractivity contribution in [2.45, 2.75) is 14.6 Å². The van der Waals surface area contributed by atoms with E-state index >= 15 is 0 Å². The summed E-state index contributed by atoms with van der Waals surface area (Å²) in [6.07, 6.45) is 1.66. The number of aromatic nitrogens is 1. The Morgan fingerprint density at radius 1 is 1.33 bits per heavy atom. The van der Waals surface area contributed by atoms with Crippen LogP contribution in [-0.4, -0.2) is 19.9 Å². The topological polar surface area (TPSA) is 59.1 Å². The minimum atomic E-state index is -3.52. The number of hydrogen-bond acceptors (Lipinski definition) is 4. The second-order valence-corrected chi connectivity index (χ2v) is 10.6. The molecule has 1 atom stereocenters. The molecule has 4 nitrogen and oxygen atoms in total. The number of benzene rings is 1. The van der Waals surface area contributed by atoms with Crippen molar-refractivity contribution in [1.82, 2.24) is 4.98 Å². The third-order valence-corrected chi connectivity index (χ3v) is 8.74. The van der Waals surface area contributed by atoms with Gasteiger partial charge in [-0.3, -0.25) is 0 Å². The van der Waals surface area contributed by atoms with Gasteiger partial charge < -0.3 is 5.32 Å². The summed E-state index contributed by atoms with van der Waals surface area (Å²) in [5.74, 6) is 0.628. The highest BCUT2D eigenvalue weighted by molar-refractivity contribution is 14.1. The van der Waals surface area contributed by atoms with Crippen molar-refractivity contribution in [1.29, 1.82) is 0 Å². The molecule has 1 aliphatic heterocycles. The van der Waals surface area contributed by atoms with Gasteiger partial charge in [0.25, 0.3) is 0 Å². The zero-order valence-electron chi connectivity index (χ0n) is 11.1. The zero-order chi connectivity index (χ0) is 15.3. The summed E-state index contributed by atoms with van der Waals surface area (Å²) in [6, 6.07) is 8.77. The van der Waals surface area contributed by atoms with Gasteiger partial charge in [0.15, 0.2) is 12.6 Å². The number of anilines is 1. The van der Waals surface area contributed by atoms with Crippen LogP contribution in [0.1, 0.15) is 11.1 Å². The zero-order valence-corrected chi connectivity index (χ0v) is 15.7. The predicted octanol–water partition coefficient (Wildman–Crippen LogP) is 3.64. The fourth-order valence-corrected chi connectivity index (χ4v) is 5.57. The maximum atomic E-state index is 13.1. The molecule has 3 rings (SSSR count). The van der Waals surface area contributed by atoms with Crippen LogP contribution in [0.15, 0.2) is 45.9 Å². The number of pyridine rings is 1. The largest absolute Gasteiger partial charge is 0.367 e. The molecule has 1 aromatic heterocycles. The highest BCUT2D eigenvalue weighted by atomic mass is 127. The standard InChI is InChI=1S/C14H12BrIN2O2S/c1-9-2-4-11(5-3-9)21(19,20)14(16)8-18-13-12(14)6-10(15)7-17-13/h2-7H,8H2,1H3,(H,17,18). The molecule has 0 bridgehead atoms. The molecule has 0 radical (unpaired) electrons. The molecule has 1 aliphatic rings. The first-order chi connectivity index (χ1) is 9.84. The van der Waals surface area contributed by atoms with Crippen molar-refractivity contribution in [2.24, 2.45) is 0 Å². The van der Waals surface area contributed by atoms with Gasteiger partial charge in [-0.2, -0.15) is 0 Å². The molecule has 0 saturated heterocycles. The third-order valence-electron chi connectivity index (χ3n) is 3.50. The van der Waals surface area contributed by atoms with E-state index in [0.29, 0.717) is 22.8 Å². The van der Waals surface area contributed by atoms with Crippen molar-refractivity contribution < 1.29 is 8.42 Å². The Morgan fingerprint density at radius 2 is 2.00 bits per heavy atom. The fraction of sp³-hybridized carbons (Fsp3) is 0.214. The molecule has 1 aromatic carbocycles. The highest BCUT2D eigenvalue weighted by Crippen LogP contribution is 2.48. The van der Waals surface area contributed by atoms with Gasteiger partial charge in [0.2, 0.25) is 0 Å². The molecule has 21 heavy (non-hydrogen) atoms. The first-order valence-corrected chi connectivity index (χ1v) is 9.60. The summed E-state index contributed by atoms with van der Waals surface area (Å²) in [6.45, 7) is 2.24. The first-order valence-electron chi connectivity index (χ1n) is 6.25. The number of hydrogen-bond donors (Lipinski definition) is 1. The van der Waals surface area contributed by atoms with E-state index in [1.807, 2.05) is 47.7 Å². The molecule has 1 unspecified atom stereocenters. The van der Waals surface area contributed by atoms with E-state index in [2.05, 4.69) is 26.2 Å². The molecule has 1 N–H and O–H groups in total. The lowest BCUT2D eigenvalue weighted by Gasteiger charge is -2.22. The van der Waals surface area contributed by atoms with Gasteiger partial charge in [-0.15, -0.1) is 0 Å². The van der Waals surface area contributed by atoms with Crippen LogP contribution < -0.4 is 5.32 Å². The van der Waals surface area contributed by atoms with Gasteiger partial charge in [-0.25, -0.2) is 13.4 Å². The summed E-state index contributed by atoms with van der Waals surface area (Å²) in [5.41, 5.74) is 1.73. The number of nitrogens with one attached hydrogen (secondary N) is 1. The van der Waals surface area contributed by atoms with Crippen LogP contribution in [0.25, 0.3) is 0 Å². The lowest BCUT2D eigenvalue weighted by molar-refractivity contribution is 0.583. The summed E-state index contributed by atoms with van der Waals surface area (Å²) in [5, 5.41) is 3.09. The number of halogens is 2. The van der Waals surface area contributed by atoms with Gasteiger partial charge in [-0.1, -0.05) is 40.3 Å². The molecule has 0 amide bonds. The van der Waals surface area contributed by atoms with E-state index in [1.165, 1.54) is 0 Å². The molecular weight excluding hydrogens is 467 g/mol. The molecule has 2 heterocycles. The highest BCUT2D eigenvalue weighted by Gasteiger charge is 2.49. The van der Waals surface area contributed by atoms with Gasteiger partial charge in [0.1, 0.15) is 5.82 Å². The summed E-state index contributed by atoms with van der Waals surface area (Å²) in [4.78, 5) is 4.58. The maximum Gasteiger partial charge on any atom is 0.199 e. The van der Waals surface area contributed by atoms with E-state index in [4.69, 9.17) is 0 Å². The molecular formula is C14H12BrIN2O2S. The lowest BCUT2D eigenvalue weighted by Crippen LogP contribution is -2.31. The Balaban J connectivity index is 2.16. The molecule has 110 valence electrons. The number of rotatable bonds is 2. The van der Waals surface area contributed by atoms with Crippen molar-refractivity contribution >= 4 is 54.2 Å². The van der Waals surface area contributed by atoms with Crippen molar-refractivity contribution in [3.63, 3.8) is 0 Å². The van der Waals surface area contributed by atoms with E-state index in [1.54, 1.807) is 18.3 Å². The van der Waals surface area contributed by atoms with Crippen LogP contribution in [-0.2, 0) is 12.6 Å². The lowest BCUT2D eigenvalue weighted by atomic mass is 10.2. The van der Waals surface area contributed by atoms with Gasteiger partial charge >= 0.3 is 0 Å². The second kappa shape index (κ2) is 5.20. The average molecular weight is 479 g/mol. The molecule has 0 spiro atoms. The third kappa shape index (κ3) is 2.39. The number of fused-ring (bicyclic) bond motifs is 1. The first kappa shape index (κ1) is 15.2. The van der Waals surface area contributed by atoms with Gasteiger partial charge in [0, 0.05) is 22.8 Å². The van der Waals surface area contributed by atoms with Crippen molar-refractivity contribution in [3.05, 3.63) is 52.1 Å². The smallest absolute Gasteiger partial charge is 0.199 e. The van der Waals surface area contributed by atoms with Crippen LogP contribution in [0, 0.1) is 6.92 Å². The molecule has 0 aliphatic carbocycles. The number of aryl methyl sites for hydroxylation is 1. The minimum absolute atomic E-state index is 0.308. The van der Waals surface area contributed by atoms with Crippen LogP contribution in [0.3, 0.4) is 0 Å². The number of alkyl halides is 1. The van der Waals surface area contributed by atoms with Crippen LogP contribution >= 0.6 is 38.5 Å². The van der Waals surface area contributed by atoms with E-state index in [-0.39, 0.29) is 0 Å². The molecule has 0 fully saturated rings. The quantitative estimate of drug-likeness (QED) is 0.528. The molecule has 7 heteroatoms. The van der Waals surface area contributed by atoms with Crippen LogP contribution in [0.5, 0.6) is 0 Å². The van der Waals surface area contributed by atoms with E-state index < -0.39 is 12.6 Å². The van der Waals surface area contributed by atoms with Crippen molar-refractivity contribution in [2.75, 3.05) is 11.9 Å². The van der Waals surface area contributed by atoms with E-state index in [9.17, 15) is 8.42 Å². The van der Waals surface area contributed by atoms with Gasteiger partial charge in [0.05, 0.1) is 4.90 Å². The Labute approximate surface area is 145 Å².